The molecule has 0 radical (unpaired) electrons. The van der Waals surface area contributed by atoms with Crippen LogP contribution in [0.5, 0.6) is 0 Å². The predicted molar refractivity (Wildman–Crippen MR) is 86.8 cm³/mol. The molecule has 0 bridgehead atoms. The first kappa shape index (κ1) is 16.9. The van der Waals surface area contributed by atoms with Crippen LogP contribution in [0.2, 0.25) is 0 Å². The third-order valence-electron chi connectivity index (χ3n) is 3.45. The minimum atomic E-state index is 0. The molecule has 0 unspecified atom stereocenters. The number of hydrogen-bond acceptors (Lipinski definition) is 3. The van der Waals surface area contributed by atoms with Gasteiger partial charge in [0.15, 0.2) is 0 Å². The van der Waals surface area contributed by atoms with E-state index in [1.165, 1.54) is 0 Å². The third-order valence-corrected chi connectivity index (χ3v) is 3.45. The van der Waals surface area contributed by atoms with Crippen LogP contribution in [-0.4, -0.2) is 23.1 Å². The van der Waals surface area contributed by atoms with Gasteiger partial charge in [0, 0.05) is 17.7 Å². The Morgan fingerprint density at radius 1 is 0.950 bits per heavy atom. The molecule has 0 amide bonds. The molecule has 1 saturated heterocycles. The lowest BCUT2D eigenvalue weighted by molar-refractivity contribution is 0.445. The molecular formula is C15H19Cl2N3. The van der Waals surface area contributed by atoms with Crippen molar-refractivity contribution in [3.63, 3.8) is 0 Å². The van der Waals surface area contributed by atoms with Crippen molar-refractivity contribution >= 4 is 24.8 Å². The quantitative estimate of drug-likeness (QED) is 0.923. The van der Waals surface area contributed by atoms with Crippen LogP contribution in [-0.2, 0) is 0 Å². The first-order valence-electron chi connectivity index (χ1n) is 6.52. The summed E-state index contributed by atoms with van der Waals surface area (Å²) in [6.45, 7) is 2.15. The van der Waals surface area contributed by atoms with Crippen molar-refractivity contribution in [3.05, 3.63) is 48.4 Å². The largest absolute Gasteiger partial charge is 0.317 e. The Labute approximate surface area is 132 Å². The van der Waals surface area contributed by atoms with Gasteiger partial charge in [-0.1, -0.05) is 30.3 Å². The Bertz CT molecular complexity index is 514. The molecular weight excluding hydrogens is 293 g/mol. The molecule has 3 nitrogen and oxygen atoms in total. The highest BCUT2D eigenvalue weighted by atomic mass is 35.5. The Hall–Kier alpha value is -1.16. The first-order chi connectivity index (χ1) is 8.93. The lowest BCUT2D eigenvalue weighted by atomic mass is 9.97. The number of nitrogens with one attached hydrogen (secondary N) is 1. The molecule has 0 aliphatic carbocycles. The molecule has 0 saturated carbocycles. The summed E-state index contributed by atoms with van der Waals surface area (Å²) in [5, 5.41) is 3.38. The number of benzene rings is 1. The van der Waals surface area contributed by atoms with Gasteiger partial charge in [0.1, 0.15) is 5.82 Å². The van der Waals surface area contributed by atoms with Crippen molar-refractivity contribution in [2.24, 2.45) is 0 Å². The zero-order chi connectivity index (χ0) is 12.2. The van der Waals surface area contributed by atoms with Crippen molar-refractivity contribution in [3.8, 4) is 11.3 Å². The second-order valence-electron chi connectivity index (χ2n) is 4.69. The molecule has 2 heterocycles. The van der Waals surface area contributed by atoms with Crippen molar-refractivity contribution in [1.29, 1.82) is 0 Å². The summed E-state index contributed by atoms with van der Waals surface area (Å²) in [5.41, 5.74) is 2.19. The number of halogens is 2. The number of rotatable bonds is 2. The van der Waals surface area contributed by atoms with E-state index in [0.717, 1.165) is 43.0 Å². The monoisotopic (exact) mass is 311 g/mol. The fourth-order valence-electron chi connectivity index (χ4n) is 2.42. The van der Waals surface area contributed by atoms with Gasteiger partial charge >= 0.3 is 0 Å². The van der Waals surface area contributed by atoms with Crippen LogP contribution in [0.3, 0.4) is 0 Å². The zero-order valence-corrected chi connectivity index (χ0v) is 12.8. The molecule has 1 aliphatic heterocycles. The Morgan fingerprint density at radius 3 is 2.35 bits per heavy atom. The molecule has 0 atom stereocenters. The van der Waals surface area contributed by atoms with E-state index < -0.39 is 0 Å². The molecule has 2 aromatic rings. The average Bonchev–Trinajstić information content (AvgIpc) is 2.49. The van der Waals surface area contributed by atoms with Crippen LogP contribution >= 0.6 is 24.8 Å². The van der Waals surface area contributed by atoms with E-state index in [4.69, 9.17) is 4.98 Å². The highest BCUT2D eigenvalue weighted by Crippen LogP contribution is 2.24. The van der Waals surface area contributed by atoms with Gasteiger partial charge in [0.05, 0.1) is 5.69 Å². The van der Waals surface area contributed by atoms with E-state index >= 15 is 0 Å². The van der Waals surface area contributed by atoms with Crippen molar-refractivity contribution in [1.82, 2.24) is 15.3 Å². The minimum absolute atomic E-state index is 0. The van der Waals surface area contributed by atoms with Crippen LogP contribution in [0.15, 0.2) is 42.6 Å². The standard InChI is InChI=1S/C15H17N3.2ClH/c1-2-4-12(5-3-1)14-8-11-17-15(18-14)13-6-9-16-10-7-13;;/h1-5,8,11,13,16H,6-7,9-10H2;2*1H. The fourth-order valence-corrected chi connectivity index (χ4v) is 2.42. The molecule has 0 spiro atoms. The van der Waals surface area contributed by atoms with Gasteiger partial charge in [0.25, 0.3) is 0 Å². The van der Waals surface area contributed by atoms with E-state index in [1.807, 2.05) is 30.5 Å². The second-order valence-corrected chi connectivity index (χ2v) is 4.69. The van der Waals surface area contributed by atoms with Crippen LogP contribution in [0.4, 0.5) is 0 Å². The molecule has 1 aromatic heterocycles. The van der Waals surface area contributed by atoms with Crippen molar-refractivity contribution < 1.29 is 0 Å². The van der Waals surface area contributed by atoms with Crippen molar-refractivity contribution in [2.75, 3.05) is 13.1 Å². The van der Waals surface area contributed by atoms with Gasteiger partial charge in [-0.25, -0.2) is 9.97 Å². The van der Waals surface area contributed by atoms with Crippen molar-refractivity contribution in [2.45, 2.75) is 18.8 Å². The van der Waals surface area contributed by atoms with Gasteiger partial charge < -0.3 is 5.32 Å². The SMILES string of the molecule is Cl.Cl.c1ccc(-c2ccnc(C3CCNCC3)n2)cc1. The van der Waals surface area contributed by atoms with Gasteiger partial charge in [0.2, 0.25) is 0 Å². The Kier molecular flexibility index (Phi) is 6.93. The third kappa shape index (κ3) is 3.92. The van der Waals surface area contributed by atoms with Gasteiger partial charge in [-0.05, 0) is 32.0 Å². The Morgan fingerprint density at radius 2 is 1.65 bits per heavy atom. The molecule has 1 fully saturated rings. The van der Waals surface area contributed by atoms with Crippen LogP contribution in [0, 0.1) is 0 Å². The van der Waals surface area contributed by atoms with Crippen LogP contribution < -0.4 is 5.32 Å². The molecule has 1 aliphatic rings. The summed E-state index contributed by atoms with van der Waals surface area (Å²) < 4.78 is 0. The lowest BCUT2D eigenvalue weighted by Gasteiger charge is -2.21. The summed E-state index contributed by atoms with van der Waals surface area (Å²) >= 11 is 0. The summed E-state index contributed by atoms with van der Waals surface area (Å²) in [7, 11) is 0. The minimum Gasteiger partial charge on any atom is -0.317 e. The highest BCUT2D eigenvalue weighted by Gasteiger charge is 2.18. The van der Waals surface area contributed by atoms with E-state index in [2.05, 4.69) is 22.4 Å². The normalized spacial score (nSPS) is 15.0. The molecule has 108 valence electrons. The smallest absolute Gasteiger partial charge is 0.132 e. The van der Waals surface area contributed by atoms with Crippen LogP contribution in [0.1, 0.15) is 24.6 Å². The first-order valence-corrected chi connectivity index (χ1v) is 6.52. The van der Waals surface area contributed by atoms with Gasteiger partial charge in [-0.15, -0.1) is 24.8 Å². The second kappa shape index (κ2) is 8.20. The molecule has 1 N–H and O–H groups in total. The predicted octanol–water partition coefficient (Wildman–Crippen LogP) is 3.45. The molecule has 5 heteroatoms. The Balaban J connectivity index is 0.000001000. The molecule has 20 heavy (non-hydrogen) atoms. The topological polar surface area (TPSA) is 37.8 Å². The molecule has 1 aromatic carbocycles. The molecule has 3 rings (SSSR count). The summed E-state index contributed by atoms with van der Waals surface area (Å²) in [6, 6.07) is 12.3. The van der Waals surface area contributed by atoms with E-state index in [-0.39, 0.29) is 24.8 Å². The number of aromatic nitrogens is 2. The summed E-state index contributed by atoms with van der Waals surface area (Å²) in [5.74, 6) is 1.51. The maximum Gasteiger partial charge on any atom is 0.132 e. The number of nitrogens with zero attached hydrogens (tertiary/aromatic N) is 2. The lowest BCUT2D eigenvalue weighted by Crippen LogP contribution is -2.27. The average molecular weight is 312 g/mol. The summed E-state index contributed by atoms with van der Waals surface area (Å²) in [6.07, 6.45) is 4.16. The summed E-state index contributed by atoms with van der Waals surface area (Å²) in [4.78, 5) is 9.18. The zero-order valence-electron chi connectivity index (χ0n) is 11.2. The highest BCUT2D eigenvalue weighted by molar-refractivity contribution is 5.85. The fraction of sp³-hybridized carbons (Fsp3) is 0.333. The van der Waals surface area contributed by atoms with E-state index in [1.54, 1.807) is 0 Å². The van der Waals surface area contributed by atoms with E-state index in [9.17, 15) is 0 Å². The van der Waals surface area contributed by atoms with E-state index in [0.29, 0.717) is 5.92 Å². The van der Waals surface area contributed by atoms with Gasteiger partial charge in [-0.2, -0.15) is 0 Å². The maximum atomic E-state index is 4.73. The van der Waals surface area contributed by atoms with Gasteiger partial charge in [-0.3, -0.25) is 0 Å². The van der Waals surface area contributed by atoms with Crippen LogP contribution in [0.25, 0.3) is 11.3 Å². The number of hydrogen-bond donors (Lipinski definition) is 1. The maximum absolute atomic E-state index is 4.73. The number of piperidine rings is 1.